The van der Waals surface area contributed by atoms with E-state index in [2.05, 4.69) is 29.2 Å². The summed E-state index contributed by atoms with van der Waals surface area (Å²) >= 11 is 0. The van der Waals surface area contributed by atoms with Crippen molar-refractivity contribution in [2.24, 2.45) is 10.7 Å². The second kappa shape index (κ2) is 15.9. The minimum atomic E-state index is -0.551. The van der Waals surface area contributed by atoms with Gasteiger partial charge in [0.1, 0.15) is 22.6 Å². The summed E-state index contributed by atoms with van der Waals surface area (Å²) in [6, 6.07) is 8.30. The van der Waals surface area contributed by atoms with Crippen LogP contribution in [0.15, 0.2) is 59.0 Å². The van der Waals surface area contributed by atoms with Crippen LogP contribution in [0.4, 0.5) is 4.79 Å². The summed E-state index contributed by atoms with van der Waals surface area (Å²) < 4.78 is 12.9. The smallest absolute Gasteiger partial charge is 0.410 e. The highest BCUT2D eigenvalue weighted by atomic mass is 16.6. The molecular weight excluding hydrogens is 556 g/mol. The van der Waals surface area contributed by atoms with E-state index < -0.39 is 11.1 Å². The topological polar surface area (TPSA) is 136 Å². The number of aryl methyl sites for hydroxylation is 1. The molecule has 0 spiro atoms. The van der Waals surface area contributed by atoms with Gasteiger partial charge in [-0.25, -0.2) is 4.79 Å². The monoisotopic (exact) mass is 604 g/mol. The molecule has 0 bridgehead atoms. The zero-order valence-corrected chi connectivity index (χ0v) is 27.7. The van der Waals surface area contributed by atoms with Gasteiger partial charge in [0.25, 0.3) is 0 Å². The highest BCUT2D eigenvalue weighted by molar-refractivity contribution is 6.46. The number of amides is 1. The van der Waals surface area contributed by atoms with Crippen LogP contribution in [0, 0.1) is 11.3 Å². The van der Waals surface area contributed by atoms with Gasteiger partial charge in [-0.2, -0.15) is 10.4 Å². The van der Waals surface area contributed by atoms with E-state index in [1.165, 1.54) is 0 Å². The molecule has 238 valence electrons. The Morgan fingerprint density at radius 2 is 1.86 bits per heavy atom. The molecule has 0 unspecified atom stereocenters. The summed E-state index contributed by atoms with van der Waals surface area (Å²) in [6.45, 7) is 16.6. The third-order valence-corrected chi connectivity index (χ3v) is 7.01. The summed E-state index contributed by atoms with van der Waals surface area (Å²) in [5.41, 5.74) is 9.66. The van der Waals surface area contributed by atoms with E-state index in [1.807, 2.05) is 71.5 Å². The average Bonchev–Trinajstić information content (AvgIpc) is 3.40. The highest BCUT2D eigenvalue weighted by Crippen LogP contribution is 2.37. The first-order valence-corrected chi connectivity index (χ1v) is 15.2. The van der Waals surface area contributed by atoms with Gasteiger partial charge in [0, 0.05) is 29.4 Å². The van der Waals surface area contributed by atoms with Gasteiger partial charge in [0.15, 0.2) is 5.78 Å². The lowest BCUT2D eigenvalue weighted by Crippen LogP contribution is -2.64. The third kappa shape index (κ3) is 8.82. The van der Waals surface area contributed by atoms with Crippen LogP contribution in [0.25, 0.3) is 11.1 Å². The first kappa shape index (κ1) is 35.8. The van der Waals surface area contributed by atoms with E-state index in [-0.39, 0.29) is 18.3 Å². The zero-order chi connectivity index (χ0) is 33.1. The van der Waals surface area contributed by atoms with Crippen molar-refractivity contribution < 1.29 is 19.1 Å². The molecule has 0 atom stereocenters. The molecule has 1 aromatic heterocycles. The molecule has 10 heteroatoms. The molecular formula is C34H48N6O4. The van der Waals surface area contributed by atoms with E-state index in [0.29, 0.717) is 37.5 Å². The van der Waals surface area contributed by atoms with Crippen LogP contribution < -0.4 is 10.5 Å². The molecule has 4 rings (SSSR count). The molecule has 1 saturated heterocycles. The van der Waals surface area contributed by atoms with Crippen molar-refractivity contribution >= 4 is 17.6 Å². The SMILES string of the molecule is CC.CCC(=O)C1=NCC=C(N)C=C1C.CCc1cccc(-c2cnn(C3(CC#N)CN(C(=O)OC(C)(C)C)C3)c2)c1OC. The zero-order valence-electron chi connectivity index (χ0n) is 27.7. The number of Topliss-reactive ketones (excluding diaryl/α,β-unsaturated/α-hetero) is 1. The number of nitrogens with zero attached hydrogens (tertiary/aromatic N) is 5. The minimum absolute atomic E-state index is 0.0804. The minimum Gasteiger partial charge on any atom is -0.496 e. The molecule has 2 aliphatic heterocycles. The van der Waals surface area contributed by atoms with E-state index in [0.717, 1.165) is 34.4 Å². The number of nitrogens with two attached hydrogens (primary N) is 1. The largest absolute Gasteiger partial charge is 0.496 e. The molecule has 0 saturated carbocycles. The van der Waals surface area contributed by atoms with Gasteiger partial charge in [-0.05, 0) is 57.4 Å². The van der Waals surface area contributed by atoms with E-state index in [1.54, 1.807) is 30.4 Å². The van der Waals surface area contributed by atoms with Crippen molar-refractivity contribution in [1.29, 1.82) is 5.26 Å². The number of hydrogen-bond donors (Lipinski definition) is 1. The van der Waals surface area contributed by atoms with Gasteiger partial charge in [-0.3, -0.25) is 14.5 Å². The van der Waals surface area contributed by atoms with E-state index in [4.69, 9.17) is 15.2 Å². The Bertz CT molecular complexity index is 1430. The van der Waals surface area contributed by atoms with Crippen molar-refractivity contribution in [2.75, 3.05) is 26.7 Å². The number of likely N-dealkylation sites (tertiary alicyclic amines) is 1. The third-order valence-electron chi connectivity index (χ3n) is 7.01. The lowest BCUT2D eigenvalue weighted by Gasteiger charge is -2.48. The number of carbonyl (C=O) groups is 2. The van der Waals surface area contributed by atoms with Crippen LogP contribution in [0.5, 0.6) is 5.75 Å². The number of hydrogen-bond acceptors (Lipinski definition) is 8. The van der Waals surface area contributed by atoms with Gasteiger partial charge in [0.05, 0.1) is 45.4 Å². The maximum absolute atomic E-state index is 12.3. The summed E-state index contributed by atoms with van der Waals surface area (Å²) in [5, 5.41) is 13.9. The van der Waals surface area contributed by atoms with Crippen LogP contribution in [0.2, 0.25) is 0 Å². The summed E-state index contributed by atoms with van der Waals surface area (Å²) in [4.78, 5) is 29.5. The van der Waals surface area contributed by atoms with Crippen LogP contribution in [0.1, 0.15) is 73.8 Å². The number of ether oxygens (including phenoxy) is 2. The highest BCUT2D eigenvalue weighted by Gasteiger charge is 2.48. The predicted octanol–water partition coefficient (Wildman–Crippen LogP) is 6.22. The number of rotatable bonds is 7. The molecule has 1 amide bonds. The van der Waals surface area contributed by atoms with Gasteiger partial charge >= 0.3 is 6.09 Å². The standard InChI is InChI=1S/C22H28N4O3.C10H14N2O.C2H6/c1-6-16-8-7-9-18(19(16)28-5)17-12-24-26(13-17)22(10-11-23)14-25(15-22)20(27)29-21(2,3)4;1-3-9(13)10-7(2)6-8(11)4-5-12-10;1-2/h7-9,12-13H,6,10,14-15H2,1-5H3;4,6H,3,5,11H2,1-2H3;1-2H3. The number of nitriles is 1. The molecule has 0 radical (unpaired) electrons. The average molecular weight is 605 g/mol. The number of ketones is 1. The molecule has 2 aliphatic rings. The number of allylic oxidation sites excluding steroid dienone is 2. The van der Waals surface area contributed by atoms with Gasteiger partial charge < -0.3 is 20.1 Å². The molecule has 10 nitrogen and oxygen atoms in total. The fourth-order valence-electron chi connectivity index (χ4n) is 4.88. The van der Waals surface area contributed by atoms with Gasteiger partial charge in [-0.1, -0.05) is 45.9 Å². The number of para-hydroxylation sites is 1. The molecule has 3 heterocycles. The van der Waals surface area contributed by atoms with Crippen molar-refractivity contribution in [1.82, 2.24) is 14.7 Å². The molecule has 1 fully saturated rings. The second-order valence-electron chi connectivity index (χ2n) is 11.4. The van der Waals surface area contributed by atoms with Gasteiger partial charge in [0.2, 0.25) is 0 Å². The number of aliphatic imine (C=N–C) groups is 1. The summed E-state index contributed by atoms with van der Waals surface area (Å²) in [5.74, 6) is 0.921. The molecule has 0 aliphatic carbocycles. The summed E-state index contributed by atoms with van der Waals surface area (Å²) in [7, 11) is 1.67. The number of carbonyl (C=O) groups excluding carboxylic acids is 2. The van der Waals surface area contributed by atoms with Crippen molar-refractivity contribution in [2.45, 2.75) is 85.8 Å². The van der Waals surface area contributed by atoms with Crippen molar-refractivity contribution in [3.05, 3.63) is 59.6 Å². The molecule has 2 aromatic rings. The molecule has 44 heavy (non-hydrogen) atoms. The Morgan fingerprint density at radius 1 is 1.18 bits per heavy atom. The van der Waals surface area contributed by atoms with Crippen LogP contribution >= 0.6 is 0 Å². The lowest BCUT2D eigenvalue weighted by atomic mass is 9.87. The van der Waals surface area contributed by atoms with Crippen molar-refractivity contribution in [3.63, 3.8) is 0 Å². The van der Waals surface area contributed by atoms with E-state index >= 15 is 0 Å². The van der Waals surface area contributed by atoms with Crippen LogP contribution in [-0.2, 0) is 21.5 Å². The van der Waals surface area contributed by atoms with Crippen molar-refractivity contribution in [3.8, 4) is 22.9 Å². The summed E-state index contributed by atoms with van der Waals surface area (Å²) in [6.07, 6.45) is 8.57. The Kier molecular flexibility index (Phi) is 12.9. The Morgan fingerprint density at radius 3 is 2.43 bits per heavy atom. The first-order valence-electron chi connectivity index (χ1n) is 15.2. The Balaban J connectivity index is 0.000000376. The quantitative estimate of drug-likeness (QED) is 0.396. The maximum atomic E-state index is 12.3. The molecule has 2 N–H and O–H groups in total. The van der Waals surface area contributed by atoms with Crippen LogP contribution in [-0.4, -0.2) is 64.6 Å². The number of methoxy groups -OCH3 is 1. The van der Waals surface area contributed by atoms with Gasteiger partial charge in [-0.15, -0.1) is 0 Å². The first-order chi connectivity index (χ1) is 20.9. The van der Waals surface area contributed by atoms with Crippen LogP contribution in [0.3, 0.4) is 0 Å². The normalized spacial score (nSPS) is 15.3. The fourth-order valence-corrected chi connectivity index (χ4v) is 4.88. The number of aromatic nitrogens is 2. The Hall–Kier alpha value is -4.39. The Labute approximate surface area is 262 Å². The maximum Gasteiger partial charge on any atom is 0.410 e. The predicted molar refractivity (Wildman–Crippen MR) is 175 cm³/mol. The fraction of sp³-hybridized carbons (Fsp3) is 0.500. The molecule has 1 aromatic carbocycles. The second-order valence-corrected chi connectivity index (χ2v) is 11.4. The lowest BCUT2D eigenvalue weighted by molar-refractivity contribution is -0.112. The number of benzene rings is 1. The van der Waals surface area contributed by atoms with E-state index in [9.17, 15) is 14.9 Å².